The fourth-order valence-corrected chi connectivity index (χ4v) is 2.92. The van der Waals surface area contributed by atoms with Crippen LogP contribution in [0.25, 0.3) is 0 Å². The normalized spacial score (nSPS) is 15.4. The second-order valence-corrected chi connectivity index (χ2v) is 5.10. The topological polar surface area (TPSA) is 78.0 Å². The number of rotatable bonds is 2. The third-order valence-corrected chi connectivity index (χ3v) is 3.82. The Morgan fingerprint density at radius 2 is 1.85 bits per heavy atom. The van der Waals surface area contributed by atoms with Gasteiger partial charge in [0, 0.05) is 12.5 Å². The van der Waals surface area contributed by atoms with Gasteiger partial charge in [-0.3, -0.25) is 9.59 Å². The average molecular weight is 300 g/mol. The first kappa shape index (κ1) is 16.7. The average Bonchev–Trinajstić information content (AvgIpc) is 2.46. The first-order chi connectivity index (χ1) is 9.52. The van der Waals surface area contributed by atoms with Crippen LogP contribution in [-0.4, -0.2) is 15.7 Å². The van der Waals surface area contributed by atoms with Crippen LogP contribution in [0.5, 0.6) is 0 Å². The first-order valence-electron chi connectivity index (χ1n) is 7.11. The van der Waals surface area contributed by atoms with E-state index in [0.717, 1.165) is 30.5 Å². The Bertz CT molecular complexity index is 534. The van der Waals surface area contributed by atoms with E-state index in [1.165, 1.54) is 13.3 Å². The van der Waals surface area contributed by atoms with Crippen LogP contribution >= 0.6 is 11.6 Å². The minimum Gasteiger partial charge on any atom is -0.320 e. The lowest BCUT2D eigenvalue weighted by molar-refractivity contribution is 0.101. The van der Waals surface area contributed by atoms with Gasteiger partial charge >= 0.3 is 0 Å². The van der Waals surface area contributed by atoms with Gasteiger partial charge in [0.25, 0.3) is 5.56 Å². The largest absolute Gasteiger partial charge is 0.320 e. The molecule has 0 unspecified atom stereocenters. The molecule has 5 nitrogen and oxygen atoms in total. The van der Waals surface area contributed by atoms with Crippen molar-refractivity contribution in [2.75, 3.05) is 5.84 Å². The molecule has 0 aromatic carbocycles. The number of aromatic nitrogens is 2. The maximum Gasteiger partial charge on any atom is 0.290 e. The molecule has 0 aliphatic heterocycles. The Morgan fingerprint density at radius 3 is 2.35 bits per heavy atom. The Morgan fingerprint density at radius 1 is 1.30 bits per heavy atom. The zero-order valence-electron chi connectivity index (χ0n) is 12.3. The van der Waals surface area contributed by atoms with Crippen LogP contribution in [0.4, 0.5) is 0 Å². The van der Waals surface area contributed by atoms with E-state index in [-0.39, 0.29) is 22.4 Å². The number of Topliss-reactive ketones (excluding diaryl/α,β-unsaturated/α-hetero) is 1. The molecule has 1 aromatic heterocycles. The van der Waals surface area contributed by atoms with Crippen LogP contribution in [0.15, 0.2) is 4.79 Å². The van der Waals surface area contributed by atoms with Crippen molar-refractivity contribution >= 4 is 17.4 Å². The molecule has 0 radical (unpaired) electrons. The van der Waals surface area contributed by atoms with E-state index in [4.69, 9.17) is 17.4 Å². The molecule has 0 saturated heterocycles. The molecule has 1 saturated carbocycles. The number of carbonyl (C=O) groups is 1. The molecule has 2 rings (SSSR count). The van der Waals surface area contributed by atoms with Gasteiger partial charge in [0.1, 0.15) is 5.69 Å². The number of carbonyl (C=O) groups excluding carboxylic acids is 1. The van der Waals surface area contributed by atoms with Crippen molar-refractivity contribution in [2.24, 2.45) is 0 Å². The summed E-state index contributed by atoms with van der Waals surface area (Å²) in [5, 5.41) is 3.91. The zero-order valence-corrected chi connectivity index (χ0v) is 13.0. The highest BCUT2D eigenvalue weighted by Gasteiger charge is 2.26. The lowest BCUT2D eigenvalue weighted by Gasteiger charge is -2.22. The standard InChI is InChI=1S/C12H16ClN3O2.C2H6/c1-7(17)11-10(13)9(12(18)16(14)15-11)8-5-3-2-4-6-8;1-2/h8H,2-6,14H2,1H3;1-2H3. The third-order valence-electron chi connectivity index (χ3n) is 3.44. The quantitative estimate of drug-likeness (QED) is 0.673. The first-order valence-corrected chi connectivity index (χ1v) is 7.49. The molecular weight excluding hydrogens is 278 g/mol. The monoisotopic (exact) mass is 299 g/mol. The van der Waals surface area contributed by atoms with E-state index < -0.39 is 5.56 Å². The molecule has 6 heteroatoms. The van der Waals surface area contributed by atoms with Gasteiger partial charge in [-0.1, -0.05) is 44.7 Å². The molecule has 112 valence electrons. The highest BCUT2D eigenvalue weighted by atomic mass is 35.5. The predicted octanol–water partition coefficient (Wildman–Crippen LogP) is 2.89. The van der Waals surface area contributed by atoms with E-state index in [0.29, 0.717) is 5.56 Å². The molecular formula is C14H22ClN3O2. The summed E-state index contributed by atoms with van der Waals surface area (Å²) in [6.45, 7) is 5.36. The predicted molar refractivity (Wildman–Crippen MR) is 80.8 cm³/mol. The van der Waals surface area contributed by atoms with Gasteiger partial charge in [-0.2, -0.15) is 0 Å². The van der Waals surface area contributed by atoms with Crippen molar-refractivity contribution in [3.05, 3.63) is 26.6 Å². The van der Waals surface area contributed by atoms with E-state index >= 15 is 0 Å². The molecule has 0 bridgehead atoms. The third kappa shape index (κ3) is 3.39. The number of halogens is 1. The fourth-order valence-electron chi connectivity index (χ4n) is 2.51. The summed E-state index contributed by atoms with van der Waals surface area (Å²) in [5.74, 6) is 5.33. The summed E-state index contributed by atoms with van der Waals surface area (Å²) < 4.78 is 0. The van der Waals surface area contributed by atoms with Crippen LogP contribution in [0, 0.1) is 0 Å². The van der Waals surface area contributed by atoms with Gasteiger partial charge in [0.2, 0.25) is 0 Å². The lowest BCUT2D eigenvalue weighted by Crippen LogP contribution is -2.35. The Hall–Kier alpha value is -1.36. The summed E-state index contributed by atoms with van der Waals surface area (Å²) >= 11 is 6.16. The molecule has 1 heterocycles. The summed E-state index contributed by atoms with van der Waals surface area (Å²) in [6.07, 6.45) is 5.15. The Balaban J connectivity index is 0.000000956. The van der Waals surface area contributed by atoms with Crippen molar-refractivity contribution < 1.29 is 4.79 Å². The number of nitrogens with zero attached hydrogens (tertiary/aromatic N) is 2. The van der Waals surface area contributed by atoms with Crippen LogP contribution < -0.4 is 11.4 Å². The van der Waals surface area contributed by atoms with Crippen molar-refractivity contribution in [2.45, 2.75) is 58.8 Å². The van der Waals surface area contributed by atoms with Gasteiger partial charge in [-0.15, -0.1) is 9.89 Å². The Labute approximate surface area is 124 Å². The summed E-state index contributed by atoms with van der Waals surface area (Å²) in [4.78, 5) is 24.2. The van der Waals surface area contributed by atoms with E-state index in [1.807, 2.05) is 13.8 Å². The fraction of sp³-hybridized carbons (Fsp3) is 0.643. The molecule has 1 aliphatic carbocycles. The summed E-state index contributed by atoms with van der Waals surface area (Å²) in [5.41, 5.74) is 0.148. The van der Waals surface area contributed by atoms with E-state index in [1.54, 1.807) is 0 Å². The van der Waals surface area contributed by atoms with Crippen LogP contribution in [0.2, 0.25) is 5.02 Å². The molecule has 20 heavy (non-hydrogen) atoms. The SMILES string of the molecule is CC.CC(=O)c1nn(N)c(=O)c(C2CCCCC2)c1Cl. The van der Waals surface area contributed by atoms with Crippen LogP contribution in [0.3, 0.4) is 0 Å². The molecule has 0 spiro atoms. The highest BCUT2D eigenvalue weighted by Crippen LogP contribution is 2.34. The molecule has 2 N–H and O–H groups in total. The summed E-state index contributed by atoms with van der Waals surface area (Å²) in [6, 6.07) is 0. The van der Waals surface area contributed by atoms with Crippen molar-refractivity contribution in [1.29, 1.82) is 0 Å². The molecule has 0 amide bonds. The second kappa shape index (κ2) is 7.43. The van der Waals surface area contributed by atoms with Gasteiger partial charge in [-0.25, -0.2) is 0 Å². The maximum absolute atomic E-state index is 12.0. The molecule has 1 aromatic rings. The van der Waals surface area contributed by atoms with Gasteiger partial charge < -0.3 is 5.84 Å². The molecule has 1 fully saturated rings. The minimum absolute atomic E-state index is 0.0827. The number of nitrogens with two attached hydrogens (primary N) is 1. The van der Waals surface area contributed by atoms with Crippen LogP contribution in [-0.2, 0) is 0 Å². The van der Waals surface area contributed by atoms with E-state index in [9.17, 15) is 9.59 Å². The van der Waals surface area contributed by atoms with Gasteiger partial charge in [-0.05, 0) is 18.8 Å². The second-order valence-electron chi connectivity index (χ2n) is 4.72. The van der Waals surface area contributed by atoms with Crippen molar-refractivity contribution in [3.8, 4) is 0 Å². The lowest BCUT2D eigenvalue weighted by atomic mass is 9.84. The van der Waals surface area contributed by atoms with Crippen molar-refractivity contribution in [1.82, 2.24) is 9.89 Å². The van der Waals surface area contributed by atoms with E-state index in [2.05, 4.69) is 5.10 Å². The van der Waals surface area contributed by atoms with Crippen LogP contribution in [0.1, 0.15) is 74.8 Å². The van der Waals surface area contributed by atoms with Crippen molar-refractivity contribution in [3.63, 3.8) is 0 Å². The highest BCUT2D eigenvalue weighted by molar-refractivity contribution is 6.34. The number of hydrogen-bond donors (Lipinski definition) is 1. The molecule has 1 aliphatic rings. The minimum atomic E-state index is -0.392. The zero-order chi connectivity index (χ0) is 15.3. The maximum atomic E-state index is 12.0. The smallest absolute Gasteiger partial charge is 0.290 e. The number of ketones is 1. The van der Waals surface area contributed by atoms with Gasteiger partial charge in [0.15, 0.2) is 5.78 Å². The molecule has 0 atom stereocenters. The number of nitrogen functional groups attached to an aromatic ring is 1. The number of hydrogen-bond acceptors (Lipinski definition) is 4. The Kier molecular flexibility index (Phi) is 6.20. The van der Waals surface area contributed by atoms with Gasteiger partial charge in [0.05, 0.1) is 5.02 Å². The summed E-state index contributed by atoms with van der Waals surface area (Å²) in [7, 11) is 0.